The topological polar surface area (TPSA) is 119 Å². The van der Waals surface area contributed by atoms with Gasteiger partial charge in [-0.1, -0.05) is 0 Å². The molecule has 0 bridgehead atoms. The number of aliphatic hydroxyl groups is 1. The number of pyridine rings is 2. The van der Waals surface area contributed by atoms with Crippen LogP contribution in [-0.4, -0.2) is 68.5 Å². The Balaban J connectivity index is 1.42. The quantitative estimate of drug-likeness (QED) is 0.536. The molecule has 4 heterocycles. The molecule has 0 unspecified atom stereocenters. The van der Waals surface area contributed by atoms with Crippen molar-refractivity contribution in [3.63, 3.8) is 0 Å². The van der Waals surface area contributed by atoms with E-state index in [2.05, 4.69) is 35.7 Å². The molecule has 29 heavy (non-hydrogen) atoms. The molecule has 1 aliphatic rings. The number of likely N-dealkylation sites (tertiary alicyclic amines) is 1. The largest absolute Gasteiger partial charge is 0.388 e. The van der Waals surface area contributed by atoms with E-state index in [-0.39, 0.29) is 6.54 Å². The average molecular weight is 395 g/mol. The van der Waals surface area contributed by atoms with E-state index < -0.39 is 11.6 Å². The van der Waals surface area contributed by atoms with E-state index in [4.69, 9.17) is 0 Å². The van der Waals surface area contributed by atoms with Crippen LogP contribution in [0, 0.1) is 6.92 Å². The van der Waals surface area contributed by atoms with Crippen LogP contribution in [0.25, 0.3) is 22.2 Å². The minimum absolute atomic E-state index is 0.213. The number of hydrogen-bond donors (Lipinski definition) is 4. The van der Waals surface area contributed by atoms with Gasteiger partial charge in [0.2, 0.25) is 0 Å². The van der Waals surface area contributed by atoms with Gasteiger partial charge < -0.3 is 15.3 Å². The molecule has 4 N–H and O–H groups in total. The van der Waals surface area contributed by atoms with Crippen molar-refractivity contribution in [3.8, 4) is 11.3 Å². The summed E-state index contributed by atoms with van der Waals surface area (Å²) >= 11 is 0. The molecule has 9 heteroatoms. The van der Waals surface area contributed by atoms with E-state index >= 15 is 0 Å². The summed E-state index contributed by atoms with van der Waals surface area (Å²) in [7, 11) is 2.03. The molecule has 1 saturated heterocycles. The van der Waals surface area contributed by atoms with Gasteiger partial charge in [0.05, 0.1) is 11.1 Å². The second kappa shape index (κ2) is 7.76. The lowest BCUT2D eigenvalue weighted by molar-refractivity contribution is -0.0120. The molecule has 1 aliphatic heterocycles. The number of aryl methyl sites for hydroxylation is 1. The lowest BCUT2D eigenvalue weighted by Crippen LogP contribution is -2.50. The van der Waals surface area contributed by atoms with Crippen LogP contribution in [0.4, 0.5) is 10.6 Å². The maximum absolute atomic E-state index is 12.2. The van der Waals surface area contributed by atoms with Crippen LogP contribution in [-0.2, 0) is 0 Å². The zero-order valence-corrected chi connectivity index (χ0v) is 16.6. The van der Waals surface area contributed by atoms with Gasteiger partial charge in [-0.3, -0.25) is 15.4 Å². The first kappa shape index (κ1) is 19.3. The molecule has 0 saturated carbocycles. The molecule has 3 aromatic rings. The Kier molecular flexibility index (Phi) is 5.16. The van der Waals surface area contributed by atoms with Gasteiger partial charge in [0.25, 0.3) is 0 Å². The Morgan fingerprint density at radius 3 is 2.86 bits per heavy atom. The smallest absolute Gasteiger partial charge is 0.320 e. The fraction of sp³-hybridized carbons (Fsp3) is 0.400. The van der Waals surface area contributed by atoms with Crippen LogP contribution in [0.2, 0.25) is 0 Å². The number of rotatable bonds is 4. The van der Waals surface area contributed by atoms with Crippen molar-refractivity contribution in [2.24, 2.45) is 0 Å². The maximum Gasteiger partial charge on any atom is 0.320 e. The molecular formula is C20H25N7O2. The first-order valence-corrected chi connectivity index (χ1v) is 9.65. The number of hydrogen-bond acceptors (Lipinski definition) is 6. The predicted molar refractivity (Wildman–Crippen MR) is 111 cm³/mol. The van der Waals surface area contributed by atoms with Crippen LogP contribution in [0.15, 0.2) is 30.6 Å². The number of nitrogens with zero attached hydrogens (tertiary/aromatic N) is 4. The first-order chi connectivity index (χ1) is 13.9. The van der Waals surface area contributed by atoms with E-state index in [9.17, 15) is 9.90 Å². The number of nitrogens with one attached hydrogen (secondary N) is 3. The number of urea groups is 1. The number of aromatic nitrogens is 4. The van der Waals surface area contributed by atoms with Crippen LogP contribution in [0.1, 0.15) is 18.5 Å². The zero-order valence-electron chi connectivity index (χ0n) is 16.6. The minimum Gasteiger partial charge on any atom is -0.388 e. The summed E-state index contributed by atoms with van der Waals surface area (Å²) in [5, 5.41) is 24.3. The van der Waals surface area contributed by atoms with Crippen LogP contribution >= 0.6 is 0 Å². The summed E-state index contributed by atoms with van der Waals surface area (Å²) in [6.07, 6.45) is 4.71. The first-order valence-electron chi connectivity index (χ1n) is 9.65. The van der Waals surface area contributed by atoms with E-state index in [0.29, 0.717) is 18.7 Å². The third-order valence-corrected chi connectivity index (χ3v) is 5.35. The second-order valence-electron chi connectivity index (χ2n) is 7.71. The van der Waals surface area contributed by atoms with Gasteiger partial charge in [-0.2, -0.15) is 5.10 Å². The summed E-state index contributed by atoms with van der Waals surface area (Å²) in [4.78, 5) is 23.0. The Bertz CT molecular complexity index is 1020. The van der Waals surface area contributed by atoms with E-state index in [0.717, 1.165) is 40.9 Å². The van der Waals surface area contributed by atoms with Gasteiger partial charge in [0.15, 0.2) is 0 Å². The van der Waals surface area contributed by atoms with Crippen LogP contribution in [0.5, 0.6) is 0 Å². The van der Waals surface area contributed by atoms with Crippen molar-refractivity contribution in [2.45, 2.75) is 25.4 Å². The number of carbonyl (C=O) groups is 1. The highest BCUT2D eigenvalue weighted by atomic mass is 16.3. The summed E-state index contributed by atoms with van der Waals surface area (Å²) < 4.78 is 0. The Hall–Kier alpha value is -3.04. The van der Waals surface area contributed by atoms with Crippen LogP contribution in [0.3, 0.4) is 0 Å². The van der Waals surface area contributed by atoms with Gasteiger partial charge >= 0.3 is 6.03 Å². The van der Waals surface area contributed by atoms with Crippen molar-refractivity contribution in [3.05, 3.63) is 36.3 Å². The Morgan fingerprint density at radius 1 is 1.31 bits per heavy atom. The van der Waals surface area contributed by atoms with Crippen molar-refractivity contribution in [2.75, 3.05) is 32.0 Å². The molecule has 0 aliphatic carbocycles. The fourth-order valence-corrected chi connectivity index (χ4v) is 3.51. The normalized spacial score (nSPS) is 16.7. The van der Waals surface area contributed by atoms with Crippen molar-refractivity contribution in [1.82, 2.24) is 30.4 Å². The lowest BCUT2D eigenvalue weighted by Gasteiger charge is -2.36. The van der Waals surface area contributed by atoms with Crippen molar-refractivity contribution >= 4 is 22.8 Å². The summed E-state index contributed by atoms with van der Waals surface area (Å²) in [6.45, 7) is 3.78. The summed E-state index contributed by atoms with van der Waals surface area (Å²) in [6, 6.07) is 5.21. The van der Waals surface area contributed by atoms with Gasteiger partial charge in [0.1, 0.15) is 11.5 Å². The lowest BCUT2D eigenvalue weighted by atomic mass is 9.92. The molecule has 2 amide bonds. The molecule has 152 valence electrons. The third-order valence-electron chi connectivity index (χ3n) is 5.35. The van der Waals surface area contributed by atoms with Crippen LogP contribution < -0.4 is 10.6 Å². The highest BCUT2D eigenvalue weighted by Crippen LogP contribution is 2.27. The Morgan fingerprint density at radius 2 is 2.10 bits per heavy atom. The highest BCUT2D eigenvalue weighted by Gasteiger charge is 2.31. The highest BCUT2D eigenvalue weighted by molar-refractivity contribution is 5.95. The number of H-pyrrole nitrogens is 1. The molecule has 4 rings (SSSR count). The second-order valence-corrected chi connectivity index (χ2v) is 7.71. The Labute approximate surface area is 168 Å². The monoisotopic (exact) mass is 395 g/mol. The average Bonchev–Trinajstić information content (AvgIpc) is 3.12. The molecule has 0 atom stereocenters. The minimum atomic E-state index is -0.859. The molecule has 1 fully saturated rings. The van der Waals surface area contributed by atoms with Gasteiger partial charge in [-0.05, 0) is 38.9 Å². The molecule has 9 nitrogen and oxygen atoms in total. The number of anilines is 1. The molecular weight excluding hydrogens is 370 g/mol. The number of amides is 2. The summed E-state index contributed by atoms with van der Waals surface area (Å²) in [5.41, 5.74) is 2.57. The van der Waals surface area contributed by atoms with E-state index in [1.165, 1.54) is 0 Å². The third kappa shape index (κ3) is 4.36. The number of piperidine rings is 1. The standard InChI is InChI=1S/C20H25N7O2/c1-13-9-14(3-6-21-13)18-15-11-22-17(10-16(15)25-26-18)24-19(28)23-12-20(29)4-7-27(2)8-5-20/h3,6,9-11,29H,4-5,7-8,12H2,1-2H3,(H,25,26)(H2,22,23,24,28). The molecule has 0 aromatic carbocycles. The number of carbonyl (C=O) groups excluding carboxylic acids is 1. The molecule has 0 radical (unpaired) electrons. The van der Waals surface area contributed by atoms with Gasteiger partial charge in [0, 0.05) is 54.7 Å². The molecule has 3 aromatic heterocycles. The fourth-order valence-electron chi connectivity index (χ4n) is 3.51. The predicted octanol–water partition coefficient (Wildman–Crippen LogP) is 1.91. The number of aromatic amines is 1. The van der Waals surface area contributed by atoms with Crippen molar-refractivity contribution in [1.29, 1.82) is 0 Å². The maximum atomic E-state index is 12.2. The van der Waals surface area contributed by atoms with E-state index in [1.54, 1.807) is 18.5 Å². The van der Waals surface area contributed by atoms with Crippen molar-refractivity contribution < 1.29 is 9.90 Å². The summed E-state index contributed by atoms with van der Waals surface area (Å²) in [5.74, 6) is 0.409. The SMILES string of the molecule is Cc1cc(-c2n[nH]c3cc(NC(=O)NCC4(O)CCN(C)CC4)ncc23)ccn1. The molecule has 0 spiro atoms. The number of fused-ring (bicyclic) bond motifs is 1. The van der Waals surface area contributed by atoms with E-state index in [1.807, 2.05) is 26.1 Å². The van der Waals surface area contributed by atoms with Gasteiger partial charge in [-0.25, -0.2) is 9.78 Å². The van der Waals surface area contributed by atoms with Gasteiger partial charge in [-0.15, -0.1) is 0 Å². The zero-order chi connectivity index (χ0) is 20.4.